The highest BCUT2D eigenvalue weighted by Gasteiger charge is 2.32. The van der Waals surface area contributed by atoms with Crippen LogP contribution >= 0.6 is 0 Å². The van der Waals surface area contributed by atoms with Gasteiger partial charge in [-0.2, -0.15) is 0 Å². The number of ether oxygens (including phenoxy) is 1. The number of carbonyl (C=O) groups is 2. The number of piperazine rings is 1. The topological polar surface area (TPSA) is 63.0 Å². The van der Waals surface area contributed by atoms with Crippen molar-refractivity contribution < 1.29 is 18.7 Å². The summed E-state index contributed by atoms with van der Waals surface area (Å²) >= 11 is 0. The standard InChI is InChI=1S/C19H22N2O4/c1-13-14-5-2-3-6-15(14)25-17(13)19(23)21-10-8-20(9-11-21)18(22)16-7-4-12-24-16/h2-3,5-6,16H,4,7-12H2,1H3. The van der Waals surface area contributed by atoms with E-state index in [0.717, 1.165) is 29.4 Å². The minimum absolute atomic E-state index is 0.0597. The fourth-order valence-corrected chi connectivity index (χ4v) is 3.63. The molecule has 132 valence electrons. The molecular formula is C19H22N2O4. The van der Waals surface area contributed by atoms with Gasteiger partial charge >= 0.3 is 0 Å². The summed E-state index contributed by atoms with van der Waals surface area (Å²) in [5.41, 5.74) is 1.61. The molecule has 1 aromatic heterocycles. The number of nitrogens with zero attached hydrogens (tertiary/aromatic N) is 2. The average Bonchev–Trinajstić information content (AvgIpc) is 3.30. The van der Waals surface area contributed by atoms with Gasteiger partial charge in [0.15, 0.2) is 5.76 Å². The van der Waals surface area contributed by atoms with Gasteiger partial charge in [0.1, 0.15) is 11.7 Å². The first-order valence-corrected chi connectivity index (χ1v) is 8.83. The van der Waals surface area contributed by atoms with Gasteiger partial charge < -0.3 is 19.0 Å². The van der Waals surface area contributed by atoms with Crippen molar-refractivity contribution in [3.05, 3.63) is 35.6 Å². The van der Waals surface area contributed by atoms with Crippen molar-refractivity contribution in [1.29, 1.82) is 0 Å². The van der Waals surface area contributed by atoms with Crippen molar-refractivity contribution in [2.45, 2.75) is 25.9 Å². The molecule has 2 saturated heterocycles. The third-order valence-electron chi connectivity index (χ3n) is 5.12. The Morgan fingerprint density at radius 1 is 1.08 bits per heavy atom. The van der Waals surface area contributed by atoms with E-state index in [1.165, 1.54) is 0 Å². The highest BCUT2D eigenvalue weighted by Crippen LogP contribution is 2.26. The molecule has 0 spiro atoms. The Morgan fingerprint density at radius 2 is 1.80 bits per heavy atom. The van der Waals surface area contributed by atoms with E-state index in [0.29, 0.717) is 38.5 Å². The third kappa shape index (κ3) is 2.91. The van der Waals surface area contributed by atoms with E-state index in [9.17, 15) is 9.59 Å². The molecule has 2 fully saturated rings. The van der Waals surface area contributed by atoms with Gasteiger partial charge in [-0.25, -0.2) is 0 Å². The number of aryl methyl sites for hydroxylation is 1. The molecular weight excluding hydrogens is 320 g/mol. The highest BCUT2D eigenvalue weighted by atomic mass is 16.5. The van der Waals surface area contributed by atoms with Crippen LogP contribution < -0.4 is 0 Å². The van der Waals surface area contributed by atoms with Gasteiger partial charge in [0.2, 0.25) is 0 Å². The molecule has 0 bridgehead atoms. The maximum Gasteiger partial charge on any atom is 0.290 e. The van der Waals surface area contributed by atoms with Gasteiger partial charge in [-0.3, -0.25) is 9.59 Å². The van der Waals surface area contributed by atoms with Crippen LogP contribution in [-0.2, 0) is 9.53 Å². The van der Waals surface area contributed by atoms with Gasteiger partial charge in [-0.15, -0.1) is 0 Å². The number of benzene rings is 1. The first-order valence-electron chi connectivity index (χ1n) is 8.83. The molecule has 3 heterocycles. The van der Waals surface area contributed by atoms with Crippen LogP contribution in [0.5, 0.6) is 0 Å². The molecule has 2 amide bonds. The van der Waals surface area contributed by atoms with Crippen molar-refractivity contribution in [3.63, 3.8) is 0 Å². The predicted octanol–water partition coefficient (Wildman–Crippen LogP) is 2.20. The van der Waals surface area contributed by atoms with Crippen molar-refractivity contribution in [2.24, 2.45) is 0 Å². The Kier molecular flexibility index (Phi) is 4.21. The molecule has 2 aromatic rings. The second kappa shape index (κ2) is 6.52. The summed E-state index contributed by atoms with van der Waals surface area (Å²) < 4.78 is 11.3. The predicted molar refractivity (Wildman–Crippen MR) is 92.4 cm³/mol. The molecule has 1 unspecified atom stereocenters. The second-order valence-electron chi connectivity index (χ2n) is 6.67. The molecule has 1 atom stereocenters. The molecule has 25 heavy (non-hydrogen) atoms. The van der Waals surface area contributed by atoms with E-state index in [-0.39, 0.29) is 17.9 Å². The number of carbonyl (C=O) groups excluding carboxylic acids is 2. The van der Waals surface area contributed by atoms with E-state index in [1.807, 2.05) is 36.1 Å². The van der Waals surface area contributed by atoms with Gasteiger partial charge in [-0.1, -0.05) is 18.2 Å². The lowest BCUT2D eigenvalue weighted by Crippen LogP contribution is -2.52. The SMILES string of the molecule is Cc1c(C(=O)N2CCN(C(=O)C3CCCO3)CC2)oc2ccccc12. The Bertz CT molecular complexity index is 799. The zero-order valence-electron chi connectivity index (χ0n) is 14.4. The highest BCUT2D eigenvalue weighted by molar-refractivity contribution is 5.99. The molecule has 2 aliphatic heterocycles. The number of para-hydroxylation sites is 1. The Labute approximate surface area is 146 Å². The monoisotopic (exact) mass is 342 g/mol. The van der Waals surface area contributed by atoms with Crippen molar-refractivity contribution in [2.75, 3.05) is 32.8 Å². The van der Waals surface area contributed by atoms with Crippen molar-refractivity contribution in [3.8, 4) is 0 Å². The number of fused-ring (bicyclic) bond motifs is 1. The second-order valence-corrected chi connectivity index (χ2v) is 6.67. The molecule has 2 aliphatic rings. The lowest BCUT2D eigenvalue weighted by molar-refractivity contribution is -0.142. The number of hydrogen-bond donors (Lipinski definition) is 0. The molecule has 6 heteroatoms. The molecule has 0 saturated carbocycles. The lowest BCUT2D eigenvalue weighted by Gasteiger charge is -2.35. The van der Waals surface area contributed by atoms with Crippen LogP contribution in [0.1, 0.15) is 29.0 Å². The van der Waals surface area contributed by atoms with E-state index in [1.54, 1.807) is 4.90 Å². The lowest BCUT2D eigenvalue weighted by atomic mass is 10.1. The third-order valence-corrected chi connectivity index (χ3v) is 5.12. The van der Waals surface area contributed by atoms with Crippen molar-refractivity contribution in [1.82, 2.24) is 9.80 Å². The Balaban J connectivity index is 1.44. The van der Waals surface area contributed by atoms with Gasteiger partial charge in [0, 0.05) is 43.7 Å². The molecule has 0 radical (unpaired) electrons. The van der Waals surface area contributed by atoms with Crippen LogP contribution in [-0.4, -0.2) is 60.5 Å². The van der Waals surface area contributed by atoms with Crippen LogP contribution in [0.25, 0.3) is 11.0 Å². The zero-order chi connectivity index (χ0) is 17.4. The summed E-state index contributed by atoms with van der Waals surface area (Å²) in [6, 6.07) is 7.67. The minimum Gasteiger partial charge on any atom is -0.451 e. The summed E-state index contributed by atoms with van der Waals surface area (Å²) in [5.74, 6) is 0.363. The van der Waals surface area contributed by atoms with E-state index in [4.69, 9.17) is 9.15 Å². The van der Waals surface area contributed by atoms with Gasteiger partial charge in [0.25, 0.3) is 11.8 Å². The Hall–Kier alpha value is -2.34. The molecule has 0 aliphatic carbocycles. The van der Waals surface area contributed by atoms with E-state index >= 15 is 0 Å². The van der Waals surface area contributed by atoms with E-state index in [2.05, 4.69) is 0 Å². The number of furan rings is 1. The summed E-state index contributed by atoms with van der Waals surface area (Å²) in [5, 5.41) is 0.970. The molecule has 1 aromatic carbocycles. The number of rotatable bonds is 2. The van der Waals surface area contributed by atoms with Gasteiger partial charge in [0.05, 0.1) is 0 Å². The summed E-state index contributed by atoms with van der Waals surface area (Å²) in [7, 11) is 0. The maximum absolute atomic E-state index is 12.8. The number of hydrogen-bond acceptors (Lipinski definition) is 4. The fourth-order valence-electron chi connectivity index (χ4n) is 3.63. The van der Waals surface area contributed by atoms with Gasteiger partial charge in [-0.05, 0) is 25.8 Å². The van der Waals surface area contributed by atoms with Crippen molar-refractivity contribution >= 4 is 22.8 Å². The van der Waals surface area contributed by atoms with Crippen LogP contribution in [0.4, 0.5) is 0 Å². The summed E-state index contributed by atoms with van der Waals surface area (Å²) in [6.07, 6.45) is 1.45. The molecule has 0 N–H and O–H groups in total. The minimum atomic E-state index is -0.292. The van der Waals surface area contributed by atoms with Crippen LogP contribution in [0, 0.1) is 6.92 Å². The van der Waals surface area contributed by atoms with Crippen LogP contribution in [0.3, 0.4) is 0 Å². The summed E-state index contributed by atoms with van der Waals surface area (Å²) in [4.78, 5) is 28.8. The fraction of sp³-hybridized carbons (Fsp3) is 0.474. The van der Waals surface area contributed by atoms with Crippen LogP contribution in [0.15, 0.2) is 28.7 Å². The molecule has 4 rings (SSSR count). The first-order chi connectivity index (χ1) is 12.1. The average molecular weight is 342 g/mol. The largest absolute Gasteiger partial charge is 0.451 e. The Morgan fingerprint density at radius 3 is 2.48 bits per heavy atom. The number of amides is 2. The first kappa shape index (κ1) is 16.1. The molecule has 6 nitrogen and oxygen atoms in total. The normalized spacial score (nSPS) is 21.1. The zero-order valence-corrected chi connectivity index (χ0v) is 14.4. The smallest absolute Gasteiger partial charge is 0.290 e. The van der Waals surface area contributed by atoms with Crippen LogP contribution in [0.2, 0.25) is 0 Å². The maximum atomic E-state index is 12.8. The van der Waals surface area contributed by atoms with E-state index < -0.39 is 0 Å². The summed E-state index contributed by atoms with van der Waals surface area (Å²) in [6.45, 7) is 4.71. The quantitative estimate of drug-likeness (QED) is 0.839.